The summed E-state index contributed by atoms with van der Waals surface area (Å²) >= 11 is 0. The molecule has 0 radical (unpaired) electrons. The first-order chi connectivity index (χ1) is 11.3. The second-order valence-electron chi connectivity index (χ2n) is 6.83. The van der Waals surface area contributed by atoms with Crippen molar-refractivity contribution in [1.82, 2.24) is 10.2 Å². The minimum Gasteiger partial charge on any atom is -0.337 e. The van der Waals surface area contributed by atoms with Gasteiger partial charge >= 0.3 is 0 Å². The van der Waals surface area contributed by atoms with Gasteiger partial charge in [-0.3, -0.25) is 9.10 Å². The van der Waals surface area contributed by atoms with Gasteiger partial charge < -0.3 is 10.2 Å². The Morgan fingerprint density at radius 3 is 2.68 bits per heavy atom. The number of carbonyl (C=O) groups is 1. The van der Waals surface area contributed by atoms with Gasteiger partial charge in [-0.1, -0.05) is 0 Å². The molecule has 8 heteroatoms. The molecule has 1 aromatic carbocycles. The van der Waals surface area contributed by atoms with E-state index in [9.17, 15) is 13.2 Å². The van der Waals surface area contributed by atoms with Crippen LogP contribution in [0.5, 0.6) is 0 Å². The number of anilines is 1. The van der Waals surface area contributed by atoms with E-state index in [2.05, 4.69) is 5.32 Å². The number of piperidine rings is 1. The number of carbonyl (C=O) groups excluding carboxylic acids is 1. The number of hydrogen-bond donors (Lipinski definition) is 1. The van der Waals surface area contributed by atoms with Crippen LogP contribution in [0, 0.1) is 0 Å². The molecule has 1 N–H and O–H groups in total. The predicted octanol–water partition coefficient (Wildman–Crippen LogP) is 1.64. The summed E-state index contributed by atoms with van der Waals surface area (Å²) in [5.41, 5.74) is 2.28. The van der Waals surface area contributed by atoms with Crippen molar-refractivity contribution in [1.29, 1.82) is 0 Å². The van der Waals surface area contributed by atoms with E-state index in [4.69, 9.17) is 0 Å². The van der Waals surface area contributed by atoms with Gasteiger partial charge in [0.05, 0.1) is 11.9 Å². The standard InChI is InChI=1S/C17H25N3O3S.ClH/c1-12-9-14-10-13(6-7-16(14)20(12)24(3,22)23)17(21)19-8-4-5-15(11-19)18-2;/h6-7,10,12,15,18H,4-5,8-9,11H2,1-3H3;1H. The minimum absolute atomic E-state index is 0. The molecule has 2 aliphatic heterocycles. The molecule has 6 nitrogen and oxygen atoms in total. The normalized spacial score (nSPS) is 23.2. The number of benzene rings is 1. The number of nitrogens with zero attached hydrogens (tertiary/aromatic N) is 2. The summed E-state index contributed by atoms with van der Waals surface area (Å²) < 4.78 is 25.4. The Hall–Kier alpha value is -1.31. The van der Waals surface area contributed by atoms with Gasteiger partial charge in [0.15, 0.2) is 0 Å². The molecular formula is C17H26ClN3O3S. The zero-order chi connectivity index (χ0) is 17.5. The number of hydrogen-bond acceptors (Lipinski definition) is 4. The van der Waals surface area contributed by atoms with Crippen molar-refractivity contribution in [3.05, 3.63) is 29.3 Å². The van der Waals surface area contributed by atoms with Crippen molar-refractivity contribution < 1.29 is 13.2 Å². The van der Waals surface area contributed by atoms with Crippen molar-refractivity contribution in [2.45, 2.75) is 38.3 Å². The van der Waals surface area contributed by atoms with Gasteiger partial charge in [0.25, 0.3) is 5.91 Å². The zero-order valence-corrected chi connectivity index (χ0v) is 16.5. The van der Waals surface area contributed by atoms with Crippen molar-refractivity contribution in [2.24, 2.45) is 0 Å². The Morgan fingerprint density at radius 2 is 2.04 bits per heavy atom. The van der Waals surface area contributed by atoms with Crippen molar-refractivity contribution in [3.8, 4) is 0 Å². The second-order valence-corrected chi connectivity index (χ2v) is 8.69. The third kappa shape index (κ3) is 3.93. The molecule has 1 saturated heterocycles. The van der Waals surface area contributed by atoms with Crippen LogP contribution < -0.4 is 9.62 Å². The monoisotopic (exact) mass is 387 g/mol. The average Bonchev–Trinajstić information content (AvgIpc) is 2.89. The molecule has 3 rings (SSSR count). The highest BCUT2D eigenvalue weighted by atomic mass is 35.5. The van der Waals surface area contributed by atoms with Crippen LogP contribution in [-0.2, 0) is 16.4 Å². The molecule has 0 aromatic heterocycles. The molecule has 0 aliphatic carbocycles. The molecule has 2 atom stereocenters. The lowest BCUT2D eigenvalue weighted by Crippen LogP contribution is -2.46. The average molecular weight is 388 g/mol. The smallest absolute Gasteiger partial charge is 0.253 e. The summed E-state index contributed by atoms with van der Waals surface area (Å²) in [5, 5.41) is 3.24. The summed E-state index contributed by atoms with van der Waals surface area (Å²) in [4.78, 5) is 14.7. The highest BCUT2D eigenvalue weighted by Gasteiger charge is 2.33. The number of halogens is 1. The maximum Gasteiger partial charge on any atom is 0.253 e. The lowest BCUT2D eigenvalue weighted by atomic mass is 10.0. The molecule has 1 fully saturated rings. The van der Waals surface area contributed by atoms with Crippen molar-refractivity contribution >= 4 is 34.0 Å². The van der Waals surface area contributed by atoms with E-state index >= 15 is 0 Å². The van der Waals surface area contributed by atoms with E-state index in [1.165, 1.54) is 10.6 Å². The third-order valence-electron chi connectivity index (χ3n) is 4.95. The van der Waals surface area contributed by atoms with E-state index in [1.807, 2.05) is 24.9 Å². The van der Waals surface area contributed by atoms with Gasteiger partial charge in [0.2, 0.25) is 10.0 Å². The fraction of sp³-hybridized carbons (Fsp3) is 0.588. The molecule has 0 saturated carbocycles. The van der Waals surface area contributed by atoms with Crippen LogP contribution in [0.1, 0.15) is 35.7 Å². The first-order valence-electron chi connectivity index (χ1n) is 8.40. The largest absolute Gasteiger partial charge is 0.337 e. The van der Waals surface area contributed by atoms with E-state index < -0.39 is 10.0 Å². The molecule has 2 unspecified atom stereocenters. The summed E-state index contributed by atoms with van der Waals surface area (Å²) in [6, 6.07) is 5.62. The Morgan fingerprint density at radius 1 is 1.32 bits per heavy atom. The van der Waals surface area contributed by atoms with E-state index in [1.54, 1.807) is 12.1 Å². The maximum atomic E-state index is 12.8. The highest BCUT2D eigenvalue weighted by molar-refractivity contribution is 7.92. The van der Waals surface area contributed by atoms with Crippen molar-refractivity contribution in [3.63, 3.8) is 0 Å². The number of fused-ring (bicyclic) bond motifs is 1. The summed E-state index contributed by atoms with van der Waals surface area (Å²) in [6.45, 7) is 3.39. The molecule has 1 amide bonds. The molecule has 2 heterocycles. The van der Waals surface area contributed by atoms with Gasteiger partial charge in [-0.15, -0.1) is 12.4 Å². The summed E-state index contributed by atoms with van der Waals surface area (Å²) in [5.74, 6) is 0.0307. The van der Waals surface area contributed by atoms with E-state index in [0.717, 1.165) is 31.5 Å². The molecule has 140 valence electrons. The van der Waals surface area contributed by atoms with Crippen molar-refractivity contribution in [2.75, 3.05) is 30.7 Å². The number of likely N-dealkylation sites (tertiary alicyclic amines) is 1. The van der Waals surface area contributed by atoms with Crippen LogP contribution in [0.15, 0.2) is 18.2 Å². The molecule has 25 heavy (non-hydrogen) atoms. The van der Waals surface area contributed by atoms with Gasteiger partial charge in [0.1, 0.15) is 0 Å². The number of rotatable bonds is 3. The minimum atomic E-state index is -3.30. The Labute approximate surface area is 156 Å². The Balaban J connectivity index is 0.00000225. The van der Waals surface area contributed by atoms with E-state index in [-0.39, 0.29) is 24.4 Å². The molecular weight excluding hydrogens is 362 g/mol. The summed E-state index contributed by atoms with van der Waals surface area (Å²) in [6.07, 6.45) is 3.96. The first-order valence-corrected chi connectivity index (χ1v) is 10.2. The number of sulfonamides is 1. The zero-order valence-electron chi connectivity index (χ0n) is 14.9. The van der Waals surface area contributed by atoms with Gasteiger partial charge in [0, 0.05) is 30.7 Å². The molecule has 0 spiro atoms. The third-order valence-corrected chi connectivity index (χ3v) is 6.22. The van der Waals surface area contributed by atoms with Gasteiger partial charge in [-0.05, 0) is 57.0 Å². The highest BCUT2D eigenvalue weighted by Crippen LogP contribution is 2.35. The van der Waals surface area contributed by atoms with Gasteiger partial charge in [-0.2, -0.15) is 0 Å². The topological polar surface area (TPSA) is 69.7 Å². The summed E-state index contributed by atoms with van der Waals surface area (Å²) in [7, 11) is -1.37. The van der Waals surface area contributed by atoms with Crippen LogP contribution in [0.3, 0.4) is 0 Å². The number of amides is 1. The fourth-order valence-corrected chi connectivity index (χ4v) is 5.08. The molecule has 0 bridgehead atoms. The van der Waals surface area contributed by atoms with Crippen LogP contribution >= 0.6 is 12.4 Å². The SMILES string of the molecule is CNC1CCCN(C(=O)c2ccc3c(c2)CC(C)N3S(C)(=O)=O)C1.Cl. The lowest BCUT2D eigenvalue weighted by Gasteiger charge is -2.32. The molecule has 2 aliphatic rings. The lowest BCUT2D eigenvalue weighted by molar-refractivity contribution is 0.0698. The Kier molecular flexibility index (Phi) is 6.01. The molecule has 1 aromatic rings. The Bertz CT molecular complexity index is 754. The number of nitrogens with one attached hydrogen (secondary N) is 1. The van der Waals surface area contributed by atoms with Crippen LogP contribution in [-0.4, -0.2) is 57.7 Å². The number of likely N-dealkylation sites (N-methyl/N-ethyl adjacent to an activating group) is 1. The second kappa shape index (κ2) is 7.51. The van der Waals surface area contributed by atoms with Gasteiger partial charge in [-0.25, -0.2) is 8.42 Å². The quantitative estimate of drug-likeness (QED) is 0.856. The van der Waals surface area contributed by atoms with E-state index in [0.29, 0.717) is 23.7 Å². The van der Waals surface area contributed by atoms with Crippen LogP contribution in [0.4, 0.5) is 5.69 Å². The van der Waals surface area contributed by atoms with Crippen LogP contribution in [0.2, 0.25) is 0 Å². The first kappa shape index (κ1) is 20.0. The maximum absolute atomic E-state index is 12.8. The predicted molar refractivity (Wildman–Crippen MR) is 102 cm³/mol. The fourth-order valence-electron chi connectivity index (χ4n) is 3.82. The van der Waals surface area contributed by atoms with Crippen LogP contribution in [0.25, 0.3) is 0 Å².